The quantitative estimate of drug-likeness (QED) is 0.487. The second kappa shape index (κ2) is 6.21. The van der Waals surface area contributed by atoms with E-state index in [2.05, 4.69) is 32.7 Å². The minimum Gasteiger partial charge on any atom is -0.375 e. The molecule has 72 valence electrons. The molecule has 0 aliphatic heterocycles. The first kappa shape index (κ1) is 11.7. The van der Waals surface area contributed by atoms with Crippen LogP contribution in [-0.2, 0) is 4.74 Å². The lowest BCUT2D eigenvalue weighted by Gasteiger charge is -2.19. The molecule has 0 aliphatic rings. The van der Waals surface area contributed by atoms with E-state index in [1.807, 2.05) is 6.08 Å². The molecule has 0 aromatic heterocycles. The van der Waals surface area contributed by atoms with Gasteiger partial charge in [-0.1, -0.05) is 6.08 Å². The Morgan fingerprint density at radius 3 is 2.50 bits per heavy atom. The van der Waals surface area contributed by atoms with Crippen LogP contribution in [0.4, 0.5) is 0 Å². The SMILES string of the molecule is C=CCCNCCOC(C)(C)C. The van der Waals surface area contributed by atoms with Gasteiger partial charge in [-0.25, -0.2) is 0 Å². The van der Waals surface area contributed by atoms with Crippen LogP contribution in [0.25, 0.3) is 0 Å². The Hall–Kier alpha value is -0.340. The van der Waals surface area contributed by atoms with Gasteiger partial charge in [0.05, 0.1) is 12.2 Å². The zero-order valence-corrected chi connectivity index (χ0v) is 8.52. The van der Waals surface area contributed by atoms with Crippen LogP contribution in [0.2, 0.25) is 0 Å². The maximum Gasteiger partial charge on any atom is 0.0599 e. The van der Waals surface area contributed by atoms with E-state index in [1.54, 1.807) is 0 Å². The number of hydrogen-bond donors (Lipinski definition) is 1. The van der Waals surface area contributed by atoms with Crippen molar-refractivity contribution in [1.82, 2.24) is 5.32 Å². The highest BCUT2D eigenvalue weighted by atomic mass is 16.5. The van der Waals surface area contributed by atoms with Crippen molar-refractivity contribution in [3.63, 3.8) is 0 Å². The van der Waals surface area contributed by atoms with Gasteiger partial charge in [0.2, 0.25) is 0 Å². The molecule has 0 aromatic carbocycles. The summed E-state index contributed by atoms with van der Waals surface area (Å²) < 4.78 is 5.52. The number of nitrogens with one attached hydrogen (secondary N) is 1. The topological polar surface area (TPSA) is 21.3 Å². The summed E-state index contributed by atoms with van der Waals surface area (Å²) in [5.74, 6) is 0. The summed E-state index contributed by atoms with van der Waals surface area (Å²) in [7, 11) is 0. The summed E-state index contributed by atoms with van der Waals surface area (Å²) >= 11 is 0. The van der Waals surface area contributed by atoms with Crippen molar-refractivity contribution in [3.8, 4) is 0 Å². The van der Waals surface area contributed by atoms with Gasteiger partial charge in [0.25, 0.3) is 0 Å². The fourth-order valence-electron chi connectivity index (χ4n) is 0.759. The van der Waals surface area contributed by atoms with E-state index in [-0.39, 0.29) is 5.60 Å². The van der Waals surface area contributed by atoms with Crippen molar-refractivity contribution in [1.29, 1.82) is 0 Å². The molecule has 0 spiro atoms. The third-order valence-corrected chi connectivity index (χ3v) is 1.34. The molecule has 0 rings (SSSR count). The Morgan fingerprint density at radius 2 is 2.00 bits per heavy atom. The van der Waals surface area contributed by atoms with Gasteiger partial charge in [-0.3, -0.25) is 0 Å². The maximum absolute atomic E-state index is 5.52. The van der Waals surface area contributed by atoms with Gasteiger partial charge in [-0.05, 0) is 33.7 Å². The molecule has 1 N–H and O–H groups in total. The van der Waals surface area contributed by atoms with Gasteiger partial charge in [0, 0.05) is 6.54 Å². The first-order valence-corrected chi connectivity index (χ1v) is 4.52. The van der Waals surface area contributed by atoms with Gasteiger partial charge < -0.3 is 10.1 Å². The van der Waals surface area contributed by atoms with E-state index >= 15 is 0 Å². The number of hydrogen-bond acceptors (Lipinski definition) is 2. The number of rotatable bonds is 6. The molecule has 0 atom stereocenters. The molecule has 12 heavy (non-hydrogen) atoms. The molecular formula is C10H21NO. The van der Waals surface area contributed by atoms with E-state index in [0.29, 0.717) is 0 Å². The van der Waals surface area contributed by atoms with E-state index in [9.17, 15) is 0 Å². The lowest BCUT2D eigenvalue weighted by molar-refractivity contribution is -0.000696. The van der Waals surface area contributed by atoms with Gasteiger partial charge in [0.15, 0.2) is 0 Å². The molecule has 2 nitrogen and oxygen atoms in total. The molecular weight excluding hydrogens is 150 g/mol. The average molecular weight is 171 g/mol. The molecule has 0 aromatic rings. The molecule has 0 aliphatic carbocycles. The molecule has 0 saturated heterocycles. The Balaban J connectivity index is 3.06. The second-order valence-electron chi connectivity index (χ2n) is 3.79. The van der Waals surface area contributed by atoms with Gasteiger partial charge in [-0.15, -0.1) is 6.58 Å². The fourth-order valence-corrected chi connectivity index (χ4v) is 0.759. The second-order valence-corrected chi connectivity index (χ2v) is 3.79. The van der Waals surface area contributed by atoms with Crippen LogP contribution >= 0.6 is 0 Å². The molecule has 0 heterocycles. The van der Waals surface area contributed by atoms with Gasteiger partial charge >= 0.3 is 0 Å². The van der Waals surface area contributed by atoms with Gasteiger partial charge in [0.1, 0.15) is 0 Å². The molecule has 0 amide bonds. The summed E-state index contributed by atoms with van der Waals surface area (Å²) in [5.41, 5.74) is -0.0138. The van der Waals surface area contributed by atoms with Crippen LogP contribution < -0.4 is 5.32 Å². The fraction of sp³-hybridized carbons (Fsp3) is 0.800. The predicted molar refractivity (Wildman–Crippen MR) is 53.4 cm³/mol. The van der Waals surface area contributed by atoms with Crippen molar-refractivity contribution in [2.24, 2.45) is 0 Å². The monoisotopic (exact) mass is 171 g/mol. The van der Waals surface area contributed by atoms with Crippen LogP contribution in [0.3, 0.4) is 0 Å². The van der Waals surface area contributed by atoms with E-state index < -0.39 is 0 Å². The third-order valence-electron chi connectivity index (χ3n) is 1.34. The lowest BCUT2D eigenvalue weighted by atomic mass is 10.2. The van der Waals surface area contributed by atoms with Crippen molar-refractivity contribution < 1.29 is 4.74 Å². The predicted octanol–water partition coefficient (Wildman–Crippen LogP) is 1.97. The highest BCUT2D eigenvalue weighted by Gasteiger charge is 2.08. The third kappa shape index (κ3) is 9.66. The maximum atomic E-state index is 5.52. The summed E-state index contributed by atoms with van der Waals surface area (Å²) in [6, 6.07) is 0. The smallest absolute Gasteiger partial charge is 0.0599 e. The van der Waals surface area contributed by atoms with Crippen molar-refractivity contribution in [2.45, 2.75) is 32.8 Å². The Kier molecular flexibility index (Phi) is 6.03. The Labute approximate surface area is 76.0 Å². The number of ether oxygens (including phenoxy) is 1. The lowest BCUT2D eigenvalue weighted by Crippen LogP contribution is -2.27. The van der Waals surface area contributed by atoms with Crippen molar-refractivity contribution in [3.05, 3.63) is 12.7 Å². The normalized spacial score (nSPS) is 11.6. The highest BCUT2D eigenvalue weighted by Crippen LogP contribution is 2.04. The summed E-state index contributed by atoms with van der Waals surface area (Å²) in [5, 5.41) is 3.26. The van der Waals surface area contributed by atoms with Crippen LogP contribution in [0, 0.1) is 0 Å². The average Bonchev–Trinajstić information content (AvgIpc) is 1.94. The van der Waals surface area contributed by atoms with Gasteiger partial charge in [-0.2, -0.15) is 0 Å². The summed E-state index contributed by atoms with van der Waals surface area (Å²) in [4.78, 5) is 0. The van der Waals surface area contributed by atoms with Crippen molar-refractivity contribution >= 4 is 0 Å². The van der Waals surface area contributed by atoms with E-state index in [0.717, 1.165) is 26.1 Å². The van der Waals surface area contributed by atoms with Crippen molar-refractivity contribution in [2.75, 3.05) is 19.7 Å². The first-order valence-electron chi connectivity index (χ1n) is 4.52. The molecule has 0 radical (unpaired) electrons. The zero-order valence-electron chi connectivity index (χ0n) is 8.52. The molecule has 2 heteroatoms. The Bertz CT molecular complexity index is 115. The molecule has 0 bridgehead atoms. The van der Waals surface area contributed by atoms with Crippen LogP contribution in [-0.4, -0.2) is 25.3 Å². The van der Waals surface area contributed by atoms with Crippen LogP contribution in [0.15, 0.2) is 12.7 Å². The van der Waals surface area contributed by atoms with E-state index in [1.165, 1.54) is 0 Å². The Morgan fingerprint density at radius 1 is 1.33 bits per heavy atom. The standard InChI is InChI=1S/C10H21NO/c1-5-6-7-11-8-9-12-10(2,3)4/h5,11H,1,6-9H2,2-4H3. The minimum atomic E-state index is -0.0138. The van der Waals surface area contributed by atoms with Crippen LogP contribution in [0.5, 0.6) is 0 Å². The minimum absolute atomic E-state index is 0.0138. The molecule has 0 unspecified atom stereocenters. The van der Waals surface area contributed by atoms with E-state index in [4.69, 9.17) is 4.74 Å². The first-order chi connectivity index (χ1) is 5.56. The molecule has 0 saturated carbocycles. The highest BCUT2D eigenvalue weighted by molar-refractivity contribution is 4.67. The summed E-state index contributed by atoms with van der Waals surface area (Å²) in [6.45, 7) is 12.5. The molecule has 0 fully saturated rings. The summed E-state index contributed by atoms with van der Waals surface area (Å²) in [6.07, 6.45) is 2.94. The zero-order chi connectivity index (χ0) is 9.45. The van der Waals surface area contributed by atoms with Crippen LogP contribution in [0.1, 0.15) is 27.2 Å². The largest absolute Gasteiger partial charge is 0.375 e.